The third-order valence-electron chi connectivity index (χ3n) is 3.65. The number of hydrogen-bond donors (Lipinski definition) is 3. The van der Waals surface area contributed by atoms with Gasteiger partial charge in [-0.05, 0) is 37.3 Å². The number of phenols is 2. The number of nitrogens with one attached hydrogen (secondary N) is 1. The topological polar surface area (TPSA) is 91.7 Å². The lowest BCUT2D eigenvalue weighted by molar-refractivity contribution is -0.123. The number of rotatable bonds is 6. The first-order chi connectivity index (χ1) is 12.5. The van der Waals surface area contributed by atoms with Crippen molar-refractivity contribution in [2.75, 3.05) is 6.61 Å². The Labute approximate surface area is 154 Å². The van der Waals surface area contributed by atoms with Gasteiger partial charge < -0.3 is 20.3 Å². The number of carbonyl (C=O) groups is 1. The zero-order chi connectivity index (χ0) is 18.5. The molecule has 0 aliphatic rings. The number of benzene rings is 2. The van der Waals surface area contributed by atoms with Gasteiger partial charge in [-0.25, -0.2) is 4.98 Å². The van der Waals surface area contributed by atoms with E-state index in [1.807, 2.05) is 36.6 Å². The third-order valence-corrected chi connectivity index (χ3v) is 4.50. The van der Waals surface area contributed by atoms with Gasteiger partial charge in [-0.2, -0.15) is 0 Å². The molecule has 3 rings (SSSR count). The molecular weight excluding hydrogens is 352 g/mol. The van der Waals surface area contributed by atoms with E-state index in [9.17, 15) is 15.0 Å². The van der Waals surface area contributed by atoms with Crippen molar-refractivity contribution in [2.24, 2.45) is 0 Å². The summed E-state index contributed by atoms with van der Waals surface area (Å²) in [7, 11) is 0. The van der Waals surface area contributed by atoms with Gasteiger partial charge in [0.25, 0.3) is 5.91 Å². The molecule has 3 aromatic rings. The highest BCUT2D eigenvalue weighted by atomic mass is 32.1. The molecule has 0 saturated heterocycles. The Balaban J connectivity index is 1.51. The average molecular weight is 370 g/mol. The van der Waals surface area contributed by atoms with Crippen LogP contribution >= 0.6 is 11.3 Å². The van der Waals surface area contributed by atoms with Crippen LogP contribution in [0.3, 0.4) is 0 Å². The highest BCUT2D eigenvalue weighted by molar-refractivity contribution is 7.09. The van der Waals surface area contributed by atoms with E-state index in [-0.39, 0.29) is 24.0 Å². The molecule has 1 amide bonds. The van der Waals surface area contributed by atoms with Crippen LogP contribution < -0.4 is 10.1 Å². The predicted molar refractivity (Wildman–Crippen MR) is 99.4 cm³/mol. The molecule has 0 aliphatic carbocycles. The lowest BCUT2D eigenvalue weighted by Gasteiger charge is -2.06. The molecule has 0 unspecified atom stereocenters. The second-order valence-corrected chi connectivity index (χ2v) is 6.65. The molecule has 26 heavy (non-hydrogen) atoms. The van der Waals surface area contributed by atoms with E-state index in [1.54, 1.807) is 6.07 Å². The van der Waals surface area contributed by atoms with Crippen LogP contribution in [0.1, 0.15) is 10.6 Å². The molecule has 0 saturated carbocycles. The van der Waals surface area contributed by atoms with Gasteiger partial charge in [0, 0.05) is 10.9 Å². The highest BCUT2D eigenvalue weighted by Gasteiger charge is 2.09. The number of thiazole rings is 1. The standard InChI is InChI=1S/C19H18N2O4S/c1-12-2-5-14(6-3-12)25-10-18(24)20-9-19-21-15(11-26-19)13-4-7-16(22)17(23)8-13/h2-8,11,22-23H,9-10H2,1H3,(H,20,24). The van der Waals surface area contributed by atoms with Gasteiger partial charge in [0.15, 0.2) is 18.1 Å². The number of amides is 1. The molecule has 134 valence electrons. The molecule has 0 spiro atoms. The first kappa shape index (κ1) is 17.8. The Hall–Kier alpha value is -3.06. The van der Waals surface area contributed by atoms with Crippen LogP contribution in [0, 0.1) is 6.92 Å². The van der Waals surface area contributed by atoms with Crippen LogP contribution in [0.5, 0.6) is 17.2 Å². The number of hydrogen-bond acceptors (Lipinski definition) is 6. The molecule has 7 heteroatoms. The van der Waals surface area contributed by atoms with Crippen LogP contribution in [0.4, 0.5) is 0 Å². The fourth-order valence-corrected chi connectivity index (χ4v) is 2.96. The van der Waals surface area contributed by atoms with Crippen molar-refractivity contribution >= 4 is 17.2 Å². The van der Waals surface area contributed by atoms with Gasteiger partial charge >= 0.3 is 0 Å². The monoisotopic (exact) mass is 370 g/mol. The van der Waals surface area contributed by atoms with Crippen LogP contribution in [-0.2, 0) is 11.3 Å². The zero-order valence-electron chi connectivity index (χ0n) is 14.1. The number of phenolic OH excluding ortho intramolecular Hbond substituents is 2. The van der Waals surface area contributed by atoms with Crippen LogP contribution in [0.2, 0.25) is 0 Å². The Kier molecular flexibility index (Phi) is 5.38. The fraction of sp³-hybridized carbons (Fsp3) is 0.158. The average Bonchev–Trinajstić information content (AvgIpc) is 3.11. The predicted octanol–water partition coefficient (Wildman–Crippen LogP) is 3.22. The van der Waals surface area contributed by atoms with E-state index >= 15 is 0 Å². The number of carbonyl (C=O) groups excluding carboxylic acids is 1. The summed E-state index contributed by atoms with van der Waals surface area (Å²) in [5.74, 6) is 0.0441. The van der Waals surface area contributed by atoms with Gasteiger partial charge in [-0.3, -0.25) is 4.79 Å². The van der Waals surface area contributed by atoms with Crippen LogP contribution in [0.15, 0.2) is 47.8 Å². The summed E-state index contributed by atoms with van der Waals surface area (Å²) in [5.41, 5.74) is 2.49. The quantitative estimate of drug-likeness (QED) is 0.580. The molecule has 6 nitrogen and oxygen atoms in total. The molecule has 3 N–H and O–H groups in total. The summed E-state index contributed by atoms with van der Waals surface area (Å²) in [6.45, 7) is 2.22. The molecule has 1 heterocycles. The number of aromatic hydroxyl groups is 2. The third kappa shape index (κ3) is 4.52. The molecule has 0 bridgehead atoms. The fourth-order valence-electron chi connectivity index (χ4n) is 2.22. The summed E-state index contributed by atoms with van der Waals surface area (Å²) in [5, 5.41) is 24.3. The van der Waals surface area contributed by atoms with E-state index in [0.717, 1.165) is 10.6 Å². The molecule has 0 fully saturated rings. The summed E-state index contributed by atoms with van der Waals surface area (Å²) in [4.78, 5) is 16.3. The van der Waals surface area contributed by atoms with Crippen molar-refractivity contribution in [3.8, 4) is 28.5 Å². The SMILES string of the molecule is Cc1ccc(OCC(=O)NCc2nc(-c3ccc(O)c(O)c3)cs2)cc1. The number of nitrogens with zero attached hydrogens (tertiary/aromatic N) is 1. The zero-order valence-corrected chi connectivity index (χ0v) is 14.9. The molecular formula is C19H18N2O4S. The molecule has 0 aliphatic heterocycles. The Morgan fingerprint density at radius 2 is 1.92 bits per heavy atom. The molecule has 2 aromatic carbocycles. The number of ether oxygens (including phenoxy) is 1. The second-order valence-electron chi connectivity index (χ2n) is 5.71. The van der Waals surface area contributed by atoms with Gasteiger partial charge in [-0.15, -0.1) is 11.3 Å². The summed E-state index contributed by atoms with van der Waals surface area (Å²) >= 11 is 1.40. The highest BCUT2D eigenvalue weighted by Crippen LogP contribution is 2.30. The number of aromatic nitrogens is 1. The Morgan fingerprint density at radius 3 is 2.65 bits per heavy atom. The summed E-state index contributed by atoms with van der Waals surface area (Å²) in [6, 6.07) is 12.0. The summed E-state index contributed by atoms with van der Waals surface area (Å²) < 4.78 is 5.43. The van der Waals surface area contributed by atoms with E-state index in [1.165, 1.54) is 23.5 Å². The van der Waals surface area contributed by atoms with Crippen LogP contribution in [-0.4, -0.2) is 27.7 Å². The lowest BCUT2D eigenvalue weighted by atomic mass is 10.1. The van der Waals surface area contributed by atoms with E-state index in [2.05, 4.69) is 10.3 Å². The lowest BCUT2D eigenvalue weighted by Crippen LogP contribution is -2.28. The smallest absolute Gasteiger partial charge is 0.258 e. The minimum atomic E-state index is -0.232. The van der Waals surface area contributed by atoms with Gasteiger partial charge in [0.1, 0.15) is 10.8 Å². The van der Waals surface area contributed by atoms with Crippen molar-refractivity contribution in [1.82, 2.24) is 10.3 Å². The number of aryl methyl sites for hydroxylation is 1. The summed E-state index contributed by atoms with van der Waals surface area (Å²) in [6.07, 6.45) is 0. The maximum atomic E-state index is 11.9. The van der Waals surface area contributed by atoms with Crippen molar-refractivity contribution in [3.63, 3.8) is 0 Å². The van der Waals surface area contributed by atoms with E-state index in [4.69, 9.17) is 4.74 Å². The maximum Gasteiger partial charge on any atom is 0.258 e. The minimum absolute atomic E-state index is 0.0624. The second kappa shape index (κ2) is 7.88. The first-order valence-electron chi connectivity index (χ1n) is 7.94. The maximum absolute atomic E-state index is 11.9. The van der Waals surface area contributed by atoms with Crippen molar-refractivity contribution in [1.29, 1.82) is 0 Å². The van der Waals surface area contributed by atoms with Gasteiger partial charge in [-0.1, -0.05) is 17.7 Å². The van der Waals surface area contributed by atoms with Gasteiger partial charge in [0.2, 0.25) is 0 Å². The normalized spacial score (nSPS) is 10.5. The van der Waals surface area contributed by atoms with Gasteiger partial charge in [0.05, 0.1) is 12.2 Å². The minimum Gasteiger partial charge on any atom is -0.504 e. The van der Waals surface area contributed by atoms with E-state index in [0.29, 0.717) is 23.6 Å². The van der Waals surface area contributed by atoms with Crippen molar-refractivity contribution in [2.45, 2.75) is 13.5 Å². The Morgan fingerprint density at radius 1 is 1.15 bits per heavy atom. The molecule has 1 aromatic heterocycles. The van der Waals surface area contributed by atoms with Crippen molar-refractivity contribution in [3.05, 3.63) is 58.4 Å². The van der Waals surface area contributed by atoms with E-state index < -0.39 is 0 Å². The largest absolute Gasteiger partial charge is 0.504 e. The Bertz CT molecular complexity index is 906. The first-order valence-corrected chi connectivity index (χ1v) is 8.82. The molecule has 0 atom stereocenters. The molecule has 0 radical (unpaired) electrons. The van der Waals surface area contributed by atoms with Crippen LogP contribution in [0.25, 0.3) is 11.3 Å². The van der Waals surface area contributed by atoms with Crippen molar-refractivity contribution < 1.29 is 19.7 Å².